The number of nitrogens with one attached hydrogen (secondary N) is 1. The summed E-state index contributed by atoms with van der Waals surface area (Å²) in [6.07, 6.45) is 6.83. The van der Waals surface area contributed by atoms with Crippen LogP contribution in [0.5, 0.6) is 0 Å². The Kier molecular flexibility index (Phi) is 4.94. The molecule has 2 fully saturated rings. The largest absolute Gasteiger partial charge is 0.339 e. The van der Waals surface area contributed by atoms with E-state index in [-0.39, 0.29) is 23.8 Å². The Balaban J connectivity index is 1.25. The summed E-state index contributed by atoms with van der Waals surface area (Å²) in [7, 11) is 0. The third-order valence-electron chi connectivity index (χ3n) is 6.31. The van der Waals surface area contributed by atoms with E-state index in [1.165, 1.54) is 0 Å². The number of rotatable bonds is 3. The number of carbonyl (C=O) groups is 2. The van der Waals surface area contributed by atoms with Gasteiger partial charge in [0.2, 0.25) is 5.91 Å². The number of nitrogens with zero attached hydrogens (tertiary/aromatic N) is 4. The van der Waals surface area contributed by atoms with Crippen LogP contribution in [-0.4, -0.2) is 56.2 Å². The number of likely N-dealkylation sites (tertiary alicyclic amines) is 2. The predicted octanol–water partition coefficient (Wildman–Crippen LogP) is 3.17. The van der Waals surface area contributed by atoms with Crippen molar-refractivity contribution in [2.45, 2.75) is 31.7 Å². The molecule has 1 N–H and O–H groups in total. The van der Waals surface area contributed by atoms with Gasteiger partial charge >= 0.3 is 0 Å². The number of aromatic amines is 1. The van der Waals surface area contributed by atoms with E-state index >= 15 is 0 Å². The van der Waals surface area contributed by atoms with Gasteiger partial charge in [-0.05, 0) is 43.9 Å². The number of amides is 2. The zero-order valence-corrected chi connectivity index (χ0v) is 16.8. The summed E-state index contributed by atoms with van der Waals surface area (Å²) >= 11 is 0. The Morgan fingerprint density at radius 3 is 2.57 bits per heavy atom. The van der Waals surface area contributed by atoms with Gasteiger partial charge in [-0.3, -0.25) is 14.6 Å². The SMILES string of the molecule is O=C(c1ccccc1)N1CCC(C(=O)N2CCCC2c2nc3ccncc3[nH]2)CC1. The molecule has 2 amide bonds. The fourth-order valence-corrected chi connectivity index (χ4v) is 4.68. The van der Waals surface area contributed by atoms with E-state index in [1.54, 1.807) is 12.4 Å². The third kappa shape index (κ3) is 3.44. The highest BCUT2D eigenvalue weighted by Gasteiger charge is 2.37. The normalized spacial score (nSPS) is 20.1. The summed E-state index contributed by atoms with van der Waals surface area (Å²) < 4.78 is 0. The minimum absolute atomic E-state index is 0.00567. The predicted molar refractivity (Wildman–Crippen MR) is 113 cm³/mol. The average molecular weight is 403 g/mol. The Hall–Kier alpha value is -3.22. The number of imidazole rings is 1. The van der Waals surface area contributed by atoms with Gasteiger partial charge in [-0.15, -0.1) is 0 Å². The van der Waals surface area contributed by atoms with Gasteiger partial charge in [0, 0.05) is 37.3 Å². The van der Waals surface area contributed by atoms with E-state index in [9.17, 15) is 9.59 Å². The summed E-state index contributed by atoms with van der Waals surface area (Å²) in [5.74, 6) is 1.07. The molecule has 7 heteroatoms. The van der Waals surface area contributed by atoms with Crippen LogP contribution in [0.4, 0.5) is 0 Å². The molecule has 2 saturated heterocycles. The van der Waals surface area contributed by atoms with E-state index < -0.39 is 0 Å². The maximum absolute atomic E-state index is 13.3. The summed E-state index contributed by atoms with van der Waals surface area (Å²) in [6.45, 7) is 2.01. The second-order valence-electron chi connectivity index (χ2n) is 8.14. The van der Waals surface area contributed by atoms with E-state index in [1.807, 2.05) is 46.2 Å². The standard InChI is InChI=1S/C23H25N5O2/c29-22(16-5-2-1-3-6-16)27-13-9-17(10-14-27)23(30)28-12-4-7-20(28)21-25-18-8-11-24-15-19(18)26-21/h1-3,5-6,8,11,15,17,20H,4,7,9-10,12-14H2,(H,25,26). The molecule has 2 aliphatic rings. The minimum Gasteiger partial charge on any atom is -0.339 e. The average Bonchev–Trinajstić information content (AvgIpc) is 3.45. The van der Waals surface area contributed by atoms with Crippen molar-refractivity contribution in [3.05, 3.63) is 60.2 Å². The first kappa shape index (κ1) is 18.8. The maximum Gasteiger partial charge on any atom is 0.253 e. The lowest BCUT2D eigenvalue weighted by Gasteiger charge is -2.34. The molecule has 0 saturated carbocycles. The molecule has 4 heterocycles. The summed E-state index contributed by atoms with van der Waals surface area (Å²) in [4.78, 5) is 42.0. The number of benzene rings is 1. The molecule has 7 nitrogen and oxygen atoms in total. The molecule has 30 heavy (non-hydrogen) atoms. The molecule has 1 unspecified atom stereocenters. The van der Waals surface area contributed by atoms with Crippen molar-refractivity contribution >= 4 is 22.8 Å². The number of H-pyrrole nitrogens is 1. The van der Waals surface area contributed by atoms with E-state index in [4.69, 9.17) is 4.98 Å². The summed E-state index contributed by atoms with van der Waals surface area (Å²) in [5, 5.41) is 0. The zero-order valence-electron chi connectivity index (χ0n) is 16.8. The van der Waals surface area contributed by atoms with Gasteiger partial charge in [-0.1, -0.05) is 18.2 Å². The number of pyridine rings is 1. The number of hydrogen-bond donors (Lipinski definition) is 1. The first-order chi connectivity index (χ1) is 14.7. The molecule has 154 valence electrons. The highest BCUT2D eigenvalue weighted by molar-refractivity contribution is 5.94. The van der Waals surface area contributed by atoms with Crippen LogP contribution in [0.25, 0.3) is 11.0 Å². The monoisotopic (exact) mass is 403 g/mol. The quantitative estimate of drug-likeness (QED) is 0.728. The molecule has 3 aromatic rings. The third-order valence-corrected chi connectivity index (χ3v) is 6.31. The molecule has 2 aromatic heterocycles. The molecule has 0 spiro atoms. The number of fused-ring (bicyclic) bond motifs is 1. The van der Waals surface area contributed by atoms with Crippen molar-refractivity contribution in [1.82, 2.24) is 24.8 Å². The fourth-order valence-electron chi connectivity index (χ4n) is 4.68. The van der Waals surface area contributed by atoms with Crippen LogP contribution in [0.1, 0.15) is 47.9 Å². The minimum atomic E-state index is -0.0310. The van der Waals surface area contributed by atoms with Gasteiger partial charge in [-0.2, -0.15) is 0 Å². The number of carbonyl (C=O) groups excluding carboxylic acids is 2. The highest BCUT2D eigenvalue weighted by atomic mass is 16.2. The van der Waals surface area contributed by atoms with Crippen molar-refractivity contribution in [3.8, 4) is 0 Å². The van der Waals surface area contributed by atoms with Crippen LogP contribution >= 0.6 is 0 Å². The number of hydrogen-bond acceptors (Lipinski definition) is 4. The van der Waals surface area contributed by atoms with Crippen LogP contribution in [0.3, 0.4) is 0 Å². The lowest BCUT2D eigenvalue weighted by Crippen LogP contribution is -2.44. The number of piperidine rings is 1. The zero-order chi connectivity index (χ0) is 20.5. The van der Waals surface area contributed by atoms with E-state index in [0.29, 0.717) is 31.5 Å². The highest BCUT2D eigenvalue weighted by Crippen LogP contribution is 2.34. The van der Waals surface area contributed by atoms with Crippen molar-refractivity contribution in [3.63, 3.8) is 0 Å². The Morgan fingerprint density at radius 2 is 1.80 bits per heavy atom. The molecule has 5 rings (SSSR count). The Bertz CT molecular complexity index is 1020. The lowest BCUT2D eigenvalue weighted by molar-refractivity contribution is -0.138. The smallest absolute Gasteiger partial charge is 0.253 e. The molecule has 1 aromatic carbocycles. The molecule has 2 aliphatic heterocycles. The Morgan fingerprint density at radius 1 is 1.00 bits per heavy atom. The fraction of sp³-hybridized carbons (Fsp3) is 0.391. The number of aromatic nitrogens is 3. The van der Waals surface area contributed by atoms with Gasteiger partial charge < -0.3 is 14.8 Å². The van der Waals surface area contributed by atoms with E-state index in [2.05, 4.69) is 9.97 Å². The molecule has 0 radical (unpaired) electrons. The van der Waals surface area contributed by atoms with Gasteiger partial charge in [0.1, 0.15) is 5.82 Å². The van der Waals surface area contributed by atoms with Crippen molar-refractivity contribution in [1.29, 1.82) is 0 Å². The molecule has 0 bridgehead atoms. The van der Waals surface area contributed by atoms with Crippen molar-refractivity contribution in [2.75, 3.05) is 19.6 Å². The second-order valence-corrected chi connectivity index (χ2v) is 8.14. The van der Waals surface area contributed by atoms with Crippen molar-refractivity contribution in [2.24, 2.45) is 5.92 Å². The Labute approximate surface area is 175 Å². The summed E-state index contributed by atoms with van der Waals surface area (Å²) in [6, 6.07) is 11.2. The van der Waals surface area contributed by atoms with Gasteiger partial charge in [-0.25, -0.2) is 4.98 Å². The van der Waals surface area contributed by atoms with Crippen LogP contribution < -0.4 is 0 Å². The molecule has 1 atom stereocenters. The maximum atomic E-state index is 13.3. The first-order valence-electron chi connectivity index (χ1n) is 10.6. The van der Waals surface area contributed by atoms with Crippen LogP contribution in [0.15, 0.2) is 48.8 Å². The van der Waals surface area contributed by atoms with Gasteiger partial charge in [0.15, 0.2) is 0 Å². The second kappa shape index (κ2) is 7.89. The van der Waals surface area contributed by atoms with E-state index in [0.717, 1.165) is 36.2 Å². The molecular formula is C23H25N5O2. The topological polar surface area (TPSA) is 82.2 Å². The van der Waals surface area contributed by atoms with Crippen LogP contribution in [0.2, 0.25) is 0 Å². The van der Waals surface area contributed by atoms with Crippen LogP contribution in [0, 0.1) is 5.92 Å². The molecule has 0 aliphatic carbocycles. The van der Waals surface area contributed by atoms with Gasteiger partial charge in [0.05, 0.1) is 23.3 Å². The molecular weight excluding hydrogens is 378 g/mol. The van der Waals surface area contributed by atoms with Crippen LogP contribution in [-0.2, 0) is 4.79 Å². The summed E-state index contributed by atoms with van der Waals surface area (Å²) in [5.41, 5.74) is 2.49. The lowest BCUT2D eigenvalue weighted by atomic mass is 9.94. The van der Waals surface area contributed by atoms with Crippen molar-refractivity contribution < 1.29 is 9.59 Å². The first-order valence-corrected chi connectivity index (χ1v) is 10.6. The van der Waals surface area contributed by atoms with Gasteiger partial charge in [0.25, 0.3) is 5.91 Å².